The molecule has 0 amide bonds. The molecule has 0 aliphatic carbocycles. The summed E-state index contributed by atoms with van der Waals surface area (Å²) in [5, 5.41) is 1.92. The molecule has 6 aromatic carbocycles. The van der Waals surface area contributed by atoms with Crippen molar-refractivity contribution in [2.24, 2.45) is 0 Å². The highest BCUT2D eigenvalue weighted by atomic mass is 32.2. The number of benzene rings is 6. The van der Waals surface area contributed by atoms with Crippen molar-refractivity contribution in [3.63, 3.8) is 0 Å². The maximum Gasteiger partial charge on any atom is 0.268 e. The molecule has 71 heavy (non-hydrogen) atoms. The Hall–Kier alpha value is -6.65. The number of hydrogen-bond acceptors (Lipinski definition) is 10. The number of halogens is 1. The first kappa shape index (κ1) is 49.3. The smallest absolute Gasteiger partial charge is 0.268 e. The average Bonchev–Trinajstić information content (AvgIpc) is 4.07. The van der Waals surface area contributed by atoms with Crippen LogP contribution in [0.1, 0.15) is 25.7 Å². The molecule has 0 bridgehead atoms. The second-order valence-corrected chi connectivity index (χ2v) is 21.4. The second kappa shape index (κ2) is 23.1. The zero-order valence-corrected chi connectivity index (χ0v) is 41.5. The molecule has 2 fully saturated rings. The molecule has 0 saturated carbocycles. The molecule has 2 saturated heterocycles. The molecule has 8 aromatic rings. The highest BCUT2D eigenvalue weighted by Gasteiger charge is 2.25. The van der Waals surface area contributed by atoms with Crippen molar-refractivity contribution < 1.29 is 30.7 Å². The summed E-state index contributed by atoms with van der Waals surface area (Å²) in [6.45, 7) is 11.0. The molecular weight excluding hydrogens is 936 g/mol. The minimum absolute atomic E-state index is 0.257. The molecule has 0 unspecified atom stereocenters. The number of hydrogen-bond donors (Lipinski definition) is 0. The van der Waals surface area contributed by atoms with Crippen LogP contribution in [0.3, 0.4) is 0 Å². The molecule has 0 N–H and O–H groups in total. The van der Waals surface area contributed by atoms with E-state index in [1.807, 2.05) is 78.9 Å². The van der Waals surface area contributed by atoms with E-state index in [-0.39, 0.29) is 10.7 Å². The molecule has 15 heteroatoms. The van der Waals surface area contributed by atoms with Crippen LogP contribution in [0.25, 0.3) is 21.8 Å². The summed E-state index contributed by atoms with van der Waals surface area (Å²) in [7, 11) is -7.28. The molecular formula is C56H61FN6O6S2. The summed E-state index contributed by atoms with van der Waals surface area (Å²) < 4.78 is 80.0. The maximum atomic E-state index is 13.2. The number of piperazine rings is 2. The van der Waals surface area contributed by atoms with Crippen molar-refractivity contribution in [1.82, 2.24) is 17.7 Å². The number of ether oxygens (including phenoxy) is 2. The van der Waals surface area contributed by atoms with E-state index in [0.717, 1.165) is 126 Å². The largest absolute Gasteiger partial charge is 0.494 e. The van der Waals surface area contributed by atoms with Gasteiger partial charge in [0.05, 0.1) is 34.0 Å². The lowest BCUT2D eigenvalue weighted by Crippen LogP contribution is -2.46. The van der Waals surface area contributed by atoms with Crippen LogP contribution in [0.2, 0.25) is 0 Å². The molecule has 2 aromatic heterocycles. The lowest BCUT2D eigenvalue weighted by atomic mass is 10.1. The van der Waals surface area contributed by atoms with E-state index in [9.17, 15) is 21.2 Å². The first-order valence-electron chi connectivity index (χ1n) is 24.5. The summed E-state index contributed by atoms with van der Waals surface area (Å²) in [6.07, 6.45) is 7.46. The number of anilines is 2. The third-order valence-corrected chi connectivity index (χ3v) is 16.6. The summed E-state index contributed by atoms with van der Waals surface area (Å²) in [5.41, 5.74) is 3.58. The first-order valence-corrected chi connectivity index (χ1v) is 27.4. The van der Waals surface area contributed by atoms with Gasteiger partial charge in [0.15, 0.2) is 0 Å². The standard InChI is InChI=1S/C28H30FN3O3S.C28H31N3O3S/c29-23-11-13-24(14-12-23)35-22-5-4-16-30-18-20-31(21-19-30)27-9-6-10-28-26(27)15-17-32(28)36(33,34)25-7-2-1-3-8-25;32-35(33,25-12-5-2-6-13-25)31-18-16-26-27(14-9-15-28(26)31)30-21-19-29(20-22-30)17-7-8-23-34-24-10-3-1-4-11-24/h1-3,6-15,17H,4-5,16,18-22H2;1-6,9-16,18H,7-8,17,19-23H2. The van der Waals surface area contributed by atoms with Crippen LogP contribution in [0.15, 0.2) is 186 Å². The van der Waals surface area contributed by atoms with Gasteiger partial charge in [-0.3, -0.25) is 9.80 Å². The van der Waals surface area contributed by atoms with E-state index in [2.05, 4.69) is 31.7 Å². The first-order chi connectivity index (χ1) is 34.6. The zero-order valence-electron chi connectivity index (χ0n) is 39.9. The summed E-state index contributed by atoms with van der Waals surface area (Å²) in [4.78, 5) is 10.3. The monoisotopic (exact) mass is 996 g/mol. The van der Waals surface area contributed by atoms with Crippen LogP contribution in [0.4, 0.5) is 15.8 Å². The highest BCUT2D eigenvalue weighted by molar-refractivity contribution is 7.90. The van der Waals surface area contributed by atoms with Gasteiger partial charge in [-0.15, -0.1) is 0 Å². The van der Waals surface area contributed by atoms with Crippen LogP contribution < -0.4 is 19.3 Å². The van der Waals surface area contributed by atoms with Gasteiger partial charge in [0.25, 0.3) is 20.0 Å². The van der Waals surface area contributed by atoms with E-state index in [0.29, 0.717) is 28.3 Å². The topological polar surface area (TPSA) is 110 Å². The third kappa shape index (κ3) is 11.9. The number of aromatic nitrogens is 2. The van der Waals surface area contributed by atoms with Crippen molar-refractivity contribution in [3.05, 3.63) is 182 Å². The molecule has 0 atom stereocenters. The Labute approximate surface area is 417 Å². The molecule has 2 aliphatic rings. The molecule has 10 rings (SSSR count). The van der Waals surface area contributed by atoms with E-state index in [1.54, 1.807) is 73.1 Å². The maximum absolute atomic E-state index is 13.2. The third-order valence-electron chi connectivity index (χ3n) is 13.2. The SMILES string of the molecule is O=S(=O)(c1ccccc1)n1ccc2c(N3CCN(CCCCOc4ccc(F)cc4)CC3)cccc21.O=S(=O)(c1ccccc1)n1ccc2c(N3CCN(CCCCOc4ccccc4)CC3)cccc21. The van der Waals surface area contributed by atoms with Crippen LogP contribution >= 0.6 is 0 Å². The molecule has 12 nitrogen and oxygen atoms in total. The number of para-hydroxylation sites is 1. The van der Waals surface area contributed by atoms with E-state index >= 15 is 0 Å². The predicted octanol–water partition coefficient (Wildman–Crippen LogP) is 9.86. The Morgan fingerprint density at radius 1 is 0.408 bits per heavy atom. The molecule has 4 heterocycles. The van der Waals surface area contributed by atoms with Gasteiger partial charge in [0.2, 0.25) is 0 Å². The van der Waals surface area contributed by atoms with E-state index in [4.69, 9.17) is 9.47 Å². The molecule has 0 radical (unpaired) electrons. The number of nitrogens with zero attached hydrogens (tertiary/aromatic N) is 6. The Kier molecular flexibility index (Phi) is 16.0. The quantitative estimate of drug-likeness (QED) is 0.0772. The predicted molar refractivity (Wildman–Crippen MR) is 282 cm³/mol. The van der Waals surface area contributed by atoms with Gasteiger partial charge in [-0.25, -0.2) is 29.2 Å². The van der Waals surface area contributed by atoms with Gasteiger partial charge >= 0.3 is 0 Å². The number of unbranched alkanes of at least 4 members (excludes halogenated alkanes) is 2. The van der Waals surface area contributed by atoms with Crippen LogP contribution in [0.5, 0.6) is 11.5 Å². The van der Waals surface area contributed by atoms with E-state index < -0.39 is 20.0 Å². The highest BCUT2D eigenvalue weighted by Crippen LogP contribution is 2.33. The van der Waals surface area contributed by atoms with Crippen molar-refractivity contribution in [3.8, 4) is 11.5 Å². The fraction of sp³-hybridized carbons (Fsp3) is 0.286. The van der Waals surface area contributed by atoms with Gasteiger partial charge in [-0.05, 0) is 136 Å². The van der Waals surface area contributed by atoms with Gasteiger partial charge < -0.3 is 19.3 Å². The minimum atomic E-state index is -3.65. The molecule has 0 spiro atoms. The molecule has 2 aliphatic heterocycles. The van der Waals surface area contributed by atoms with Gasteiger partial charge in [-0.2, -0.15) is 0 Å². The Balaban J connectivity index is 0.000000176. The Morgan fingerprint density at radius 2 is 0.803 bits per heavy atom. The molecule has 370 valence electrons. The van der Waals surface area contributed by atoms with Crippen LogP contribution in [-0.2, 0) is 20.0 Å². The van der Waals surface area contributed by atoms with Crippen LogP contribution in [0, 0.1) is 5.82 Å². The van der Waals surface area contributed by atoms with Gasteiger partial charge in [-0.1, -0.05) is 66.7 Å². The summed E-state index contributed by atoms with van der Waals surface area (Å²) in [6, 6.07) is 48.8. The zero-order chi connectivity index (χ0) is 49.0. The fourth-order valence-electron chi connectivity index (χ4n) is 9.36. The van der Waals surface area contributed by atoms with Crippen molar-refractivity contribution in [2.45, 2.75) is 35.5 Å². The van der Waals surface area contributed by atoms with Gasteiger partial charge in [0, 0.05) is 86.9 Å². The van der Waals surface area contributed by atoms with Crippen LogP contribution in [-0.4, -0.2) is 113 Å². The summed E-state index contributed by atoms with van der Waals surface area (Å²) >= 11 is 0. The number of fused-ring (bicyclic) bond motifs is 2. The Bertz CT molecular complexity index is 3180. The normalized spacial score (nSPS) is 14.9. The Morgan fingerprint density at radius 3 is 1.23 bits per heavy atom. The average molecular weight is 997 g/mol. The van der Waals surface area contributed by atoms with E-state index in [1.165, 1.54) is 20.1 Å². The lowest BCUT2D eigenvalue weighted by Gasteiger charge is -2.36. The second-order valence-electron chi connectivity index (χ2n) is 17.8. The van der Waals surface area contributed by atoms with Gasteiger partial charge in [0.1, 0.15) is 17.3 Å². The summed E-state index contributed by atoms with van der Waals surface area (Å²) in [5.74, 6) is 1.37. The lowest BCUT2D eigenvalue weighted by molar-refractivity contribution is 0.238. The number of rotatable bonds is 18. The van der Waals surface area contributed by atoms with Crippen molar-refractivity contribution in [2.75, 3.05) is 88.5 Å². The van der Waals surface area contributed by atoms with Crippen molar-refractivity contribution in [1.29, 1.82) is 0 Å². The fourth-order valence-corrected chi connectivity index (χ4v) is 12.1. The van der Waals surface area contributed by atoms with Crippen molar-refractivity contribution >= 4 is 53.2 Å². The minimum Gasteiger partial charge on any atom is -0.494 e.